The number of amides is 2. The Morgan fingerprint density at radius 3 is 1.84 bits per heavy atom. The zero-order valence-electron chi connectivity index (χ0n) is 27.7. The van der Waals surface area contributed by atoms with Crippen LogP contribution in [0.3, 0.4) is 0 Å². The fraction of sp³-hybridized carbons (Fsp3) is 0.300. The minimum Gasteiger partial charge on any atom is -0.497 e. The topological polar surface area (TPSA) is 92.8 Å². The van der Waals surface area contributed by atoms with Gasteiger partial charge in [-0.1, -0.05) is 91.0 Å². The average molecular weight is 664 g/mol. The normalized spacial score (nSPS) is 22.5. The van der Waals surface area contributed by atoms with Crippen molar-refractivity contribution in [3.63, 3.8) is 0 Å². The van der Waals surface area contributed by atoms with Crippen molar-refractivity contribution in [3.8, 4) is 5.75 Å². The van der Waals surface area contributed by atoms with Gasteiger partial charge in [0.1, 0.15) is 30.1 Å². The Hall–Kier alpha value is -4.64. The Kier molecular flexibility index (Phi) is 11.3. The van der Waals surface area contributed by atoms with Gasteiger partial charge in [0, 0.05) is 0 Å². The van der Waals surface area contributed by atoms with E-state index in [0.717, 1.165) is 22.4 Å². The number of benzene rings is 4. The van der Waals surface area contributed by atoms with Gasteiger partial charge >= 0.3 is 0 Å². The van der Waals surface area contributed by atoms with Crippen LogP contribution >= 0.6 is 0 Å². The Labute approximate surface area is 287 Å². The zero-order valence-corrected chi connectivity index (χ0v) is 27.7. The summed E-state index contributed by atoms with van der Waals surface area (Å²) in [6.07, 6.45) is -2.27. The van der Waals surface area contributed by atoms with Crippen molar-refractivity contribution in [2.45, 2.75) is 63.5 Å². The van der Waals surface area contributed by atoms with Crippen LogP contribution in [0.25, 0.3) is 0 Å². The van der Waals surface area contributed by atoms with Gasteiger partial charge in [0.25, 0.3) is 11.8 Å². The molecule has 0 bridgehead atoms. The molecule has 1 fully saturated rings. The van der Waals surface area contributed by atoms with Gasteiger partial charge in [0.05, 0.1) is 50.8 Å². The summed E-state index contributed by atoms with van der Waals surface area (Å²) in [6.45, 7) is 6.56. The van der Waals surface area contributed by atoms with E-state index in [1.54, 1.807) is 37.5 Å². The van der Waals surface area contributed by atoms with E-state index < -0.39 is 48.6 Å². The van der Waals surface area contributed by atoms with Crippen molar-refractivity contribution >= 4 is 11.8 Å². The number of ether oxygens (including phenoxy) is 6. The van der Waals surface area contributed by atoms with Gasteiger partial charge in [-0.25, -0.2) is 0 Å². The van der Waals surface area contributed by atoms with Gasteiger partial charge in [-0.05, 0) is 47.9 Å². The van der Waals surface area contributed by atoms with Crippen LogP contribution in [-0.4, -0.2) is 67.2 Å². The monoisotopic (exact) mass is 663 g/mol. The second-order valence-corrected chi connectivity index (χ2v) is 12.0. The smallest absolute Gasteiger partial charge is 0.262 e. The standard InChI is InChI=1S/C40H41NO8/c1-4-27(2)48-40-35(41-38(42)32-17-11-12-18-33(32)39(41)43)37(47-24-29-15-9-6-10-16-29)36(46-25-30-19-21-31(44-3)22-20-30)34(49-40)26-45-23-28-13-7-5-8-14-28/h4-22,27,34-37,40H,1,23-26H2,2-3H3/t27-,34+,35+,36+,37+,40+/m0/s1. The number of imide groups is 1. The number of hydrogen-bond acceptors (Lipinski definition) is 8. The minimum absolute atomic E-state index is 0.130. The van der Waals surface area contributed by atoms with Crippen LogP contribution in [0.5, 0.6) is 5.75 Å². The predicted octanol–water partition coefficient (Wildman–Crippen LogP) is 6.36. The first-order valence-corrected chi connectivity index (χ1v) is 16.4. The lowest BCUT2D eigenvalue weighted by Crippen LogP contribution is -2.67. The summed E-state index contributed by atoms with van der Waals surface area (Å²) in [5, 5.41) is 0. The molecule has 0 N–H and O–H groups in total. The van der Waals surface area contributed by atoms with Crippen LogP contribution in [0.2, 0.25) is 0 Å². The number of fused-ring (bicyclic) bond motifs is 1. The molecule has 4 aromatic carbocycles. The van der Waals surface area contributed by atoms with Gasteiger partial charge in [-0.3, -0.25) is 14.5 Å². The summed E-state index contributed by atoms with van der Waals surface area (Å²) in [6, 6.07) is 32.9. The van der Waals surface area contributed by atoms with Crippen LogP contribution in [-0.2, 0) is 43.5 Å². The van der Waals surface area contributed by atoms with E-state index in [9.17, 15) is 9.59 Å². The molecule has 9 nitrogen and oxygen atoms in total. The summed E-state index contributed by atoms with van der Waals surface area (Å²) in [5.41, 5.74) is 3.44. The number of carbonyl (C=O) groups excluding carboxylic acids is 2. The zero-order chi connectivity index (χ0) is 34.2. The maximum Gasteiger partial charge on any atom is 0.262 e. The van der Waals surface area contributed by atoms with E-state index in [2.05, 4.69) is 6.58 Å². The minimum atomic E-state index is -1.08. The first-order chi connectivity index (χ1) is 24.0. The summed E-state index contributed by atoms with van der Waals surface area (Å²) in [4.78, 5) is 29.3. The fourth-order valence-electron chi connectivity index (χ4n) is 6.10. The predicted molar refractivity (Wildman–Crippen MR) is 183 cm³/mol. The van der Waals surface area contributed by atoms with Crippen LogP contribution in [0.4, 0.5) is 0 Å². The van der Waals surface area contributed by atoms with Gasteiger partial charge in [0.15, 0.2) is 6.29 Å². The molecule has 4 aromatic rings. The summed E-state index contributed by atoms with van der Waals surface area (Å²) < 4.78 is 38.0. The van der Waals surface area contributed by atoms with Crippen LogP contribution in [0.15, 0.2) is 122 Å². The molecule has 0 spiro atoms. The maximum atomic E-state index is 14.0. The van der Waals surface area contributed by atoms with Crippen LogP contribution in [0, 0.1) is 0 Å². The van der Waals surface area contributed by atoms with Crippen LogP contribution < -0.4 is 4.74 Å². The Bertz CT molecular complexity index is 1660. The Morgan fingerprint density at radius 1 is 0.735 bits per heavy atom. The molecule has 1 saturated heterocycles. The fourth-order valence-corrected chi connectivity index (χ4v) is 6.10. The van der Waals surface area contributed by atoms with E-state index in [1.807, 2.05) is 91.9 Å². The lowest BCUT2D eigenvalue weighted by molar-refractivity contribution is -0.303. The molecule has 2 amide bonds. The van der Waals surface area contributed by atoms with Crippen LogP contribution in [0.1, 0.15) is 44.3 Å². The summed E-state index contributed by atoms with van der Waals surface area (Å²) in [7, 11) is 1.62. The number of nitrogens with zero attached hydrogens (tertiary/aromatic N) is 1. The second-order valence-electron chi connectivity index (χ2n) is 12.0. The molecule has 0 saturated carbocycles. The molecule has 0 radical (unpaired) electrons. The van der Waals surface area contributed by atoms with Gasteiger partial charge in [-0.15, -0.1) is 6.58 Å². The quantitative estimate of drug-likeness (QED) is 0.107. The third kappa shape index (κ3) is 7.99. The lowest BCUT2D eigenvalue weighted by atomic mass is 9.94. The maximum absolute atomic E-state index is 14.0. The largest absolute Gasteiger partial charge is 0.497 e. The second kappa shape index (κ2) is 16.2. The van der Waals surface area contributed by atoms with Crippen molar-refractivity contribution in [2.75, 3.05) is 13.7 Å². The number of rotatable bonds is 15. The third-order valence-corrected chi connectivity index (χ3v) is 8.70. The molecule has 2 heterocycles. The highest BCUT2D eigenvalue weighted by Gasteiger charge is 2.55. The molecule has 2 aliphatic rings. The molecule has 2 aliphatic heterocycles. The highest BCUT2D eigenvalue weighted by molar-refractivity contribution is 6.21. The molecular formula is C40H41NO8. The summed E-state index contributed by atoms with van der Waals surface area (Å²) in [5.74, 6) is -0.173. The molecule has 9 heteroatoms. The first kappa shape index (κ1) is 34.2. The average Bonchev–Trinajstić information content (AvgIpc) is 3.39. The van der Waals surface area contributed by atoms with Gasteiger partial charge < -0.3 is 28.4 Å². The summed E-state index contributed by atoms with van der Waals surface area (Å²) >= 11 is 0. The Balaban J connectivity index is 1.38. The van der Waals surface area contributed by atoms with Crippen molar-refractivity contribution in [3.05, 3.63) is 150 Å². The van der Waals surface area contributed by atoms with Gasteiger partial charge in [0.2, 0.25) is 0 Å². The van der Waals surface area contributed by atoms with Crippen molar-refractivity contribution in [2.24, 2.45) is 0 Å². The molecule has 0 aliphatic carbocycles. The molecule has 0 aromatic heterocycles. The van der Waals surface area contributed by atoms with E-state index in [0.29, 0.717) is 17.7 Å². The molecule has 254 valence electrons. The highest BCUT2D eigenvalue weighted by atomic mass is 16.7. The molecular weight excluding hydrogens is 622 g/mol. The van der Waals surface area contributed by atoms with Crippen molar-refractivity contribution < 1.29 is 38.0 Å². The molecule has 6 atom stereocenters. The SMILES string of the molecule is C=C[C@H](C)O[C@@H]1O[C@H](COCc2ccccc2)[C@@H](OCc2ccc(OC)cc2)[C@H](OCc2ccccc2)[C@H]1N1C(=O)c2ccccc2C1=O. The third-order valence-electron chi connectivity index (χ3n) is 8.70. The number of methoxy groups -OCH3 is 1. The number of carbonyl (C=O) groups is 2. The molecule has 49 heavy (non-hydrogen) atoms. The van der Waals surface area contributed by atoms with E-state index in [1.165, 1.54) is 4.90 Å². The first-order valence-electron chi connectivity index (χ1n) is 16.4. The van der Waals surface area contributed by atoms with Gasteiger partial charge in [-0.2, -0.15) is 0 Å². The molecule has 0 unspecified atom stereocenters. The highest BCUT2D eigenvalue weighted by Crippen LogP contribution is 2.36. The van der Waals surface area contributed by atoms with Crippen molar-refractivity contribution in [1.82, 2.24) is 4.90 Å². The Morgan fingerprint density at radius 2 is 1.27 bits per heavy atom. The molecule has 6 rings (SSSR count). The van der Waals surface area contributed by atoms with Crippen molar-refractivity contribution in [1.29, 1.82) is 0 Å². The van der Waals surface area contributed by atoms with E-state index in [4.69, 9.17) is 28.4 Å². The lowest BCUT2D eigenvalue weighted by Gasteiger charge is -2.48. The number of hydrogen-bond donors (Lipinski definition) is 0. The van der Waals surface area contributed by atoms with E-state index in [-0.39, 0.29) is 19.8 Å². The van der Waals surface area contributed by atoms with E-state index >= 15 is 0 Å².